The van der Waals surface area contributed by atoms with E-state index in [4.69, 9.17) is 5.73 Å². The molecule has 0 spiro atoms. The van der Waals surface area contributed by atoms with Crippen LogP contribution < -0.4 is 16.0 Å². The van der Waals surface area contributed by atoms with Gasteiger partial charge in [-0.2, -0.15) is 11.8 Å². The summed E-state index contributed by atoms with van der Waals surface area (Å²) in [6, 6.07) is 17.1. The van der Waals surface area contributed by atoms with Crippen molar-refractivity contribution in [2.24, 2.45) is 0 Å². The number of amides is 2. The van der Waals surface area contributed by atoms with Crippen molar-refractivity contribution in [1.82, 2.24) is 9.97 Å². The predicted molar refractivity (Wildman–Crippen MR) is 124 cm³/mol. The standard InChI is InChI=1S/C20H21N4O2S2Si/c1-27-10-11-29(24-18(25)15-8-5-9-16(21)12-15)20(26)23-19-22-17(13-28-19)14-6-3-2-4-7-14/h2-9,12-13H,10-11,21H2,1H3,(H,24,25)(H,22,23,26). The summed E-state index contributed by atoms with van der Waals surface area (Å²) in [7, 11) is -1.84. The number of thiazole rings is 1. The number of hydrogen-bond donors (Lipinski definition) is 3. The molecule has 0 fully saturated rings. The molecule has 2 aromatic carbocycles. The van der Waals surface area contributed by atoms with Crippen molar-refractivity contribution in [3.8, 4) is 11.3 Å². The van der Waals surface area contributed by atoms with E-state index in [1.807, 2.05) is 42.0 Å². The van der Waals surface area contributed by atoms with Gasteiger partial charge >= 0.3 is 0 Å². The van der Waals surface area contributed by atoms with Crippen molar-refractivity contribution < 1.29 is 9.59 Å². The second-order valence-corrected chi connectivity index (χ2v) is 10.2. The van der Waals surface area contributed by atoms with E-state index in [0.29, 0.717) is 22.4 Å². The number of nitrogens with one attached hydrogen (secondary N) is 2. The van der Waals surface area contributed by atoms with Crippen molar-refractivity contribution in [2.75, 3.05) is 23.1 Å². The summed E-state index contributed by atoms with van der Waals surface area (Å²) in [4.78, 5) is 32.8. The maximum atomic E-state index is 12.9. The first kappa shape index (κ1) is 21.1. The van der Waals surface area contributed by atoms with E-state index in [1.165, 1.54) is 11.3 Å². The Morgan fingerprint density at radius 3 is 2.69 bits per heavy atom. The zero-order valence-electron chi connectivity index (χ0n) is 15.8. The minimum atomic E-state index is -1.84. The quantitative estimate of drug-likeness (QED) is 0.358. The zero-order chi connectivity index (χ0) is 20.6. The van der Waals surface area contributed by atoms with Crippen LogP contribution in [0.3, 0.4) is 0 Å². The van der Waals surface area contributed by atoms with Crippen LogP contribution in [0.2, 0.25) is 6.04 Å². The summed E-state index contributed by atoms with van der Waals surface area (Å²) < 4.78 is 0. The van der Waals surface area contributed by atoms with Gasteiger partial charge in [0.1, 0.15) is 0 Å². The molecule has 0 aliphatic carbocycles. The second kappa shape index (κ2) is 10.2. The summed E-state index contributed by atoms with van der Waals surface area (Å²) in [5.41, 5.74) is 8.34. The molecular formula is C20H21N4O2S2Si. The molecule has 9 heteroatoms. The number of nitrogens with zero attached hydrogens (tertiary/aromatic N) is 1. The lowest BCUT2D eigenvalue weighted by molar-refractivity contribution is 0.0979. The average Bonchev–Trinajstić information content (AvgIpc) is 3.20. The highest BCUT2D eigenvalue weighted by molar-refractivity contribution is 7.98. The SMILES string of the molecule is CSCC[Si](NC(=O)c1cccc(N)c1)C(=O)Nc1nc(-c2ccccc2)cs1. The summed E-state index contributed by atoms with van der Waals surface area (Å²) >= 11 is 3.01. The minimum absolute atomic E-state index is 0.185. The minimum Gasteiger partial charge on any atom is -0.399 e. The topological polar surface area (TPSA) is 97.1 Å². The number of rotatable bonds is 8. The van der Waals surface area contributed by atoms with Gasteiger partial charge in [0.15, 0.2) is 5.13 Å². The summed E-state index contributed by atoms with van der Waals surface area (Å²) in [6.45, 7) is 0. The second-order valence-electron chi connectivity index (χ2n) is 6.16. The van der Waals surface area contributed by atoms with E-state index in [0.717, 1.165) is 17.0 Å². The summed E-state index contributed by atoms with van der Waals surface area (Å²) in [5.74, 6) is 0.498. The Labute approximate surface area is 179 Å². The van der Waals surface area contributed by atoms with Crippen LogP contribution in [0.1, 0.15) is 10.4 Å². The number of carbonyl (C=O) groups is 2. The van der Waals surface area contributed by atoms with Crippen molar-refractivity contribution in [2.45, 2.75) is 6.04 Å². The van der Waals surface area contributed by atoms with E-state index >= 15 is 0 Å². The van der Waals surface area contributed by atoms with Gasteiger partial charge in [-0.05, 0) is 36.3 Å². The fraction of sp³-hybridized carbons (Fsp3) is 0.150. The molecule has 4 N–H and O–H groups in total. The molecule has 1 aromatic heterocycles. The molecule has 0 aliphatic heterocycles. The fourth-order valence-corrected chi connectivity index (χ4v) is 6.16. The number of nitrogen functional groups attached to an aromatic ring is 1. The van der Waals surface area contributed by atoms with Gasteiger partial charge in [-0.25, -0.2) is 4.98 Å². The first-order valence-corrected chi connectivity index (χ1v) is 12.9. The molecule has 1 heterocycles. The normalized spacial score (nSPS) is 10.7. The van der Waals surface area contributed by atoms with Gasteiger partial charge in [0, 0.05) is 22.2 Å². The van der Waals surface area contributed by atoms with E-state index in [1.54, 1.807) is 36.0 Å². The highest BCUT2D eigenvalue weighted by Gasteiger charge is 2.26. The first-order valence-electron chi connectivity index (χ1n) is 8.91. The molecule has 0 saturated carbocycles. The number of benzene rings is 2. The molecule has 0 unspecified atom stereocenters. The van der Waals surface area contributed by atoms with Crippen molar-refractivity contribution >= 4 is 54.3 Å². The average molecular weight is 442 g/mol. The highest BCUT2D eigenvalue weighted by atomic mass is 32.2. The molecule has 6 nitrogen and oxygen atoms in total. The van der Waals surface area contributed by atoms with Crippen molar-refractivity contribution in [3.05, 3.63) is 65.5 Å². The van der Waals surface area contributed by atoms with Crippen LogP contribution in [0.15, 0.2) is 60.0 Å². The lowest BCUT2D eigenvalue weighted by Crippen LogP contribution is -2.47. The number of anilines is 2. The van der Waals surface area contributed by atoms with Gasteiger partial charge in [-0.1, -0.05) is 36.4 Å². The third-order valence-electron chi connectivity index (χ3n) is 4.04. The smallest absolute Gasteiger partial charge is 0.282 e. The third-order valence-corrected chi connectivity index (χ3v) is 7.72. The van der Waals surface area contributed by atoms with E-state index < -0.39 is 8.96 Å². The van der Waals surface area contributed by atoms with Gasteiger partial charge in [0.2, 0.25) is 11.4 Å². The fourth-order valence-electron chi connectivity index (χ4n) is 2.57. The number of thioether (sulfide) groups is 1. The van der Waals surface area contributed by atoms with Crippen LogP contribution in [0, 0.1) is 0 Å². The van der Waals surface area contributed by atoms with Gasteiger partial charge in [-0.15, -0.1) is 11.3 Å². The molecule has 1 radical (unpaired) electrons. The van der Waals surface area contributed by atoms with Crippen LogP contribution in [0.4, 0.5) is 15.6 Å². The van der Waals surface area contributed by atoms with E-state index in [2.05, 4.69) is 15.3 Å². The van der Waals surface area contributed by atoms with Gasteiger partial charge in [-0.3, -0.25) is 9.59 Å². The largest absolute Gasteiger partial charge is 0.399 e. The summed E-state index contributed by atoms with van der Waals surface area (Å²) in [5, 5.41) is 5.31. The molecule has 0 atom stereocenters. The van der Waals surface area contributed by atoms with Crippen molar-refractivity contribution in [3.63, 3.8) is 0 Å². The molecule has 0 bridgehead atoms. The Kier molecular flexibility index (Phi) is 7.45. The Hall–Kier alpha value is -2.62. The maximum absolute atomic E-state index is 12.9. The van der Waals surface area contributed by atoms with Crippen LogP contribution in [-0.4, -0.2) is 37.4 Å². The number of hydrogen-bond acceptors (Lipinski definition) is 6. The Bertz CT molecular complexity index is 981. The third kappa shape index (κ3) is 5.93. The van der Waals surface area contributed by atoms with Crippen LogP contribution in [-0.2, 0) is 0 Å². The molecule has 3 aromatic rings. The lowest BCUT2D eigenvalue weighted by atomic mass is 10.2. The first-order chi connectivity index (χ1) is 14.1. The van der Waals surface area contributed by atoms with E-state index in [-0.39, 0.29) is 11.4 Å². The lowest BCUT2D eigenvalue weighted by Gasteiger charge is -2.15. The molecule has 29 heavy (non-hydrogen) atoms. The molecule has 2 amide bonds. The maximum Gasteiger partial charge on any atom is 0.282 e. The summed E-state index contributed by atoms with van der Waals surface area (Å²) in [6.07, 6.45) is 1.98. The zero-order valence-corrected chi connectivity index (χ0v) is 18.5. The van der Waals surface area contributed by atoms with Crippen LogP contribution in [0.5, 0.6) is 0 Å². The van der Waals surface area contributed by atoms with Gasteiger partial charge in [0.05, 0.1) is 5.69 Å². The van der Waals surface area contributed by atoms with Crippen molar-refractivity contribution in [1.29, 1.82) is 0 Å². The Morgan fingerprint density at radius 2 is 1.97 bits per heavy atom. The molecule has 0 aliphatic rings. The molecule has 3 rings (SSSR count). The van der Waals surface area contributed by atoms with Crippen LogP contribution in [0.25, 0.3) is 11.3 Å². The van der Waals surface area contributed by atoms with E-state index in [9.17, 15) is 9.59 Å². The Morgan fingerprint density at radius 1 is 1.17 bits per heavy atom. The number of carbonyl (C=O) groups excluding carboxylic acids is 2. The highest BCUT2D eigenvalue weighted by Crippen LogP contribution is 2.24. The predicted octanol–water partition coefficient (Wildman–Crippen LogP) is 4.29. The number of aromatic nitrogens is 1. The molecular weight excluding hydrogens is 420 g/mol. The monoisotopic (exact) mass is 441 g/mol. The van der Waals surface area contributed by atoms with Gasteiger partial charge in [0.25, 0.3) is 8.96 Å². The molecule has 0 saturated heterocycles. The number of nitrogens with two attached hydrogens (primary N) is 1. The molecule has 149 valence electrons. The Balaban J connectivity index is 1.69. The van der Waals surface area contributed by atoms with Crippen LogP contribution >= 0.6 is 23.1 Å². The van der Waals surface area contributed by atoms with Gasteiger partial charge < -0.3 is 16.0 Å².